The summed E-state index contributed by atoms with van der Waals surface area (Å²) in [5.74, 6) is -0.658. The van der Waals surface area contributed by atoms with Crippen molar-refractivity contribution in [3.63, 3.8) is 0 Å². The minimum atomic E-state index is -0.432. The molecule has 0 aliphatic rings. The number of aryl methyl sites for hydroxylation is 1. The number of pyridine rings is 1. The second-order valence-corrected chi connectivity index (χ2v) is 6.88. The van der Waals surface area contributed by atoms with E-state index in [0.717, 1.165) is 16.3 Å². The molecule has 0 amide bonds. The smallest absolute Gasteiger partial charge is 0.306 e. The molecule has 0 fully saturated rings. The summed E-state index contributed by atoms with van der Waals surface area (Å²) in [6.45, 7) is 0. The molecule has 6 nitrogen and oxygen atoms in total. The summed E-state index contributed by atoms with van der Waals surface area (Å²) >= 11 is 0. The summed E-state index contributed by atoms with van der Waals surface area (Å²) in [6.07, 6.45) is 1.73. The number of methoxy groups -OCH3 is 1. The number of nitrogens with zero attached hydrogens (tertiary/aromatic N) is 2. The van der Waals surface area contributed by atoms with Gasteiger partial charge < -0.3 is 9.30 Å². The number of aromatic nitrogens is 2. The van der Waals surface area contributed by atoms with Crippen molar-refractivity contribution in [3.05, 3.63) is 71.1 Å². The number of fused-ring (bicyclic) bond motifs is 2. The number of benzene rings is 2. The van der Waals surface area contributed by atoms with Crippen molar-refractivity contribution in [3.8, 4) is 11.1 Å². The maximum absolute atomic E-state index is 13.1. The van der Waals surface area contributed by atoms with Gasteiger partial charge >= 0.3 is 5.97 Å². The Labute approximate surface area is 166 Å². The van der Waals surface area contributed by atoms with Crippen molar-refractivity contribution < 1.29 is 14.3 Å². The molecule has 146 valence electrons. The molecule has 0 aliphatic heterocycles. The molecular weight excluding hydrogens is 368 g/mol. The van der Waals surface area contributed by atoms with Crippen LogP contribution in [-0.4, -0.2) is 28.1 Å². The number of carbonyl (C=O) groups excluding carboxylic acids is 2. The SMILES string of the molecule is COC(=O)CCC(=O)n1cc(-c2cc3ccccc3n(C)c2=O)c2ccccc21. The van der Waals surface area contributed by atoms with Gasteiger partial charge in [-0.1, -0.05) is 36.4 Å². The molecule has 29 heavy (non-hydrogen) atoms. The van der Waals surface area contributed by atoms with Crippen LogP contribution in [0.3, 0.4) is 0 Å². The van der Waals surface area contributed by atoms with Gasteiger partial charge in [0.1, 0.15) is 0 Å². The molecule has 0 bridgehead atoms. The predicted octanol–water partition coefficient (Wildman–Crippen LogP) is 3.75. The first-order valence-electron chi connectivity index (χ1n) is 9.30. The summed E-state index contributed by atoms with van der Waals surface area (Å²) in [4.78, 5) is 37.2. The maximum Gasteiger partial charge on any atom is 0.306 e. The highest BCUT2D eigenvalue weighted by Crippen LogP contribution is 2.30. The van der Waals surface area contributed by atoms with E-state index in [1.165, 1.54) is 11.7 Å². The van der Waals surface area contributed by atoms with Gasteiger partial charge in [-0.2, -0.15) is 0 Å². The normalized spacial score (nSPS) is 11.1. The number of para-hydroxylation sites is 2. The minimum Gasteiger partial charge on any atom is -0.469 e. The first kappa shape index (κ1) is 18.7. The lowest BCUT2D eigenvalue weighted by Crippen LogP contribution is -2.18. The van der Waals surface area contributed by atoms with Gasteiger partial charge in [0, 0.05) is 36.2 Å². The third-order valence-electron chi connectivity index (χ3n) is 5.17. The predicted molar refractivity (Wildman–Crippen MR) is 112 cm³/mol. The number of hydrogen-bond acceptors (Lipinski definition) is 4. The van der Waals surface area contributed by atoms with Crippen molar-refractivity contribution in [2.45, 2.75) is 12.8 Å². The first-order chi connectivity index (χ1) is 14.0. The molecule has 0 aliphatic carbocycles. The Morgan fingerprint density at radius 1 is 0.931 bits per heavy atom. The molecule has 0 atom stereocenters. The largest absolute Gasteiger partial charge is 0.469 e. The first-order valence-corrected chi connectivity index (χ1v) is 9.30. The highest BCUT2D eigenvalue weighted by Gasteiger charge is 2.18. The number of rotatable bonds is 4. The van der Waals surface area contributed by atoms with Crippen molar-refractivity contribution >= 4 is 33.7 Å². The van der Waals surface area contributed by atoms with Gasteiger partial charge in [-0.25, -0.2) is 0 Å². The molecule has 2 heterocycles. The van der Waals surface area contributed by atoms with Crippen LogP contribution in [0.4, 0.5) is 0 Å². The van der Waals surface area contributed by atoms with Crippen molar-refractivity contribution in [1.82, 2.24) is 9.13 Å². The molecule has 4 aromatic rings. The summed E-state index contributed by atoms with van der Waals surface area (Å²) in [5, 5.41) is 1.75. The standard InChI is InChI=1S/C23H20N2O4/c1-24-19-9-5-3-7-15(19)13-17(23(24)28)18-14-25(20-10-6-4-8-16(18)20)21(26)11-12-22(27)29-2/h3-10,13-14H,11-12H2,1-2H3. The topological polar surface area (TPSA) is 70.3 Å². The summed E-state index contributed by atoms with van der Waals surface area (Å²) in [7, 11) is 3.04. The van der Waals surface area contributed by atoms with Gasteiger partial charge in [0.05, 0.1) is 24.6 Å². The lowest BCUT2D eigenvalue weighted by atomic mass is 10.0. The highest BCUT2D eigenvalue weighted by atomic mass is 16.5. The molecule has 0 unspecified atom stereocenters. The Morgan fingerprint density at radius 2 is 1.62 bits per heavy atom. The highest BCUT2D eigenvalue weighted by molar-refractivity contribution is 6.03. The van der Waals surface area contributed by atoms with Crippen LogP contribution >= 0.6 is 0 Å². The Morgan fingerprint density at radius 3 is 2.38 bits per heavy atom. The van der Waals surface area contributed by atoms with E-state index in [9.17, 15) is 14.4 Å². The molecule has 0 N–H and O–H groups in total. The Kier molecular flexibility index (Phi) is 4.76. The number of esters is 1. The fraction of sp³-hybridized carbons (Fsp3) is 0.174. The monoisotopic (exact) mass is 388 g/mol. The van der Waals surface area contributed by atoms with Crippen LogP contribution in [-0.2, 0) is 16.6 Å². The van der Waals surface area contributed by atoms with Crippen LogP contribution in [0.2, 0.25) is 0 Å². The Balaban J connectivity index is 1.89. The average molecular weight is 388 g/mol. The Hall–Kier alpha value is -3.67. The van der Waals surface area contributed by atoms with Crippen molar-refractivity contribution in [2.75, 3.05) is 7.11 Å². The summed E-state index contributed by atoms with van der Waals surface area (Å²) in [5.41, 5.74) is 2.64. The van der Waals surface area contributed by atoms with Crippen LogP contribution in [0, 0.1) is 0 Å². The average Bonchev–Trinajstić information content (AvgIpc) is 3.14. The molecular formula is C23H20N2O4. The van der Waals surface area contributed by atoms with Gasteiger partial charge in [0.2, 0.25) is 5.91 Å². The van der Waals surface area contributed by atoms with E-state index in [4.69, 9.17) is 0 Å². The zero-order chi connectivity index (χ0) is 20.5. The van der Waals surface area contributed by atoms with Gasteiger partial charge in [-0.05, 0) is 23.6 Å². The molecule has 0 saturated carbocycles. The van der Waals surface area contributed by atoms with E-state index >= 15 is 0 Å². The zero-order valence-corrected chi connectivity index (χ0v) is 16.2. The van der Waals surface area contributed by atoms with Crippen LogP contribution in [0.15, 0.2) is 65.6 Å². The third kappa shape index (κ3) is 3.23. The van der Waals surface area contributed by atoms with E-state index in [2.05, 4.69) is 4.74 Å². The molecule has 6 heteroatoms. The summed E-state index contributed by atoms with van der Waals surface area (Å²) < 4.78 is 7.76. The van der Waals surface area contributed by atoms with E-state index < -0.39 is 5.97 Å². The fourth-order valence-corrected chi connectivity index (χ4v) is 3.65. The number of ether oxygens (including phenoxy) is 1. The lowest BCUT2D eigenvalue weighted by Gasteiger charge is -2.08. The number of hydrogen-bond donors (Lipinski definition) is 0. The molecule has 2 aromatic heterocycles. The molecule has 0 radical (unpaired) electrons. The number of carbonyl (C=O) groups is 2. The van der Waals surface area contributed by atoms with Crippen LogP contribution in [0.25, 0.3) is 32.9 Å². The van der Waals surface area contributed by atoms with Gasteiger partial charge in [-0.15, -0.1) is 0 Å². The Bertz CT molecular complexity index is 1310. The molecule has 0 spiro atoms. The lowest BCUT2D eigenvalue weighted by molar-refractivity contribution is -0.140. The zero-order valence-electron chi connectivity index (χ0n) is 16.2. The second kappa shape index (κ2) is 7.39. The van der Waals surface area contributed by atoms with Crippen molar-refractivity contribution in [2.24, 2.45) is 7.05 Å². The van der Waals surface area contributed by atoms with Crippen LogP contribution in [0.5, 0.6) is 0 Å². The molecule has 0 saturated heterocycles. The second-order valence-electron chi connectivity index (χ2n) is 6.88. The van der Waals surface area contributed by atoms with Gasteiger partial charge in [-0.3, -0.25) is 19.0 Å². The van der Waals surface area contributed by atoms with E-state index in [1.807, 2.05) is 54.6 Å². The molecule has 2 aromatic carbocycles. The summed E-state index contributed by atoms with van der Waals surface area (Å²) in [6, 6.07) is 17.0. The van der Waals surface area contributed by atoms with Crippen molar-refractivity contribution in [1.29, 1.82) is 0 Å². The van der Waals surface area contributed by atoms with Crippen LogP contribution in [0.1, 0.15) is 17.6 Å². The van der Waals surface area contributed by atoms with E-state index in [-0.39, 0.29) is 24.3 Å². The van der Waals surface area contributed by atoms with Crippen LogP contribution < -0.4 is 5.56 Å². The minimum absolute atomic E-state index is 0.00884. The van der Waals surface area contributed by atoms with E-state index in [1.54, 1.807) is 17.8 Å². The fourth-order valence-electron chi connectivity index (χ4n) is 3.65. The third-order valence-corrected chi connectivity index (χ3v) is 5.17. The quantitative estimate of drug-likeness (QED) is 0.499. The maximum atomic E-state index is 13.1. The van der Waals surface area contributed by atoms with Gasteiger partial charge in [0.15, 0.2) is 0 Å². The van der Waals surface area contributed by atoms with E-state index in [0.29, 0.717) is 16.6 Å². The van der Waals surface area contributed by atoms with Gasteiger partial charge in [0.25, 0.3) is 5.56 Å². The molecule has 4 rings (SSSR count).